The average molecular weight is 350 g/mol. The Labute approximate surface area is 143 Å². The van der Waals surface area contributed by atoms with Crippen molar-refractivity contribution in [2.24, 2.45) is 0 Å². The van der Waals surface area contributed by atoms with E-state index in [1.165, 1.54) is 12.1 Å². The molecule has 2 N–H and O–H groups in total. The number of carbonyl (C=O) groups excluding carboxylic acids is 1. The van der Waals surface area contributed by atoms with Gasteiger partial charge in [0.1, 0.15) is 12.4 Å². The van der Waals surface area contributed by atoms with Crippen LogP contribution in [0.5, 0.6) is 5.75 Å². The highest BCUT2D eigenvalue weighted by Gasteiger charge is 2.30. The summed E-state index contributed by atoms with van der Waals surface area (Å²) in [7, 11) is 0. The first kappa shape index (κ1) is 18.4. The summed E-state index contributed by atoms with van der Waals surface area (Å²) < 4.78 is 43.4. The lowest BCUT2D eigenvalue weighted by Crippen LogP contribution is -2.22. The lowest BCUT2D eigenvalue weighted by Gasteiger charge is -2.13. The smallest absolute Gasteiger partial charge is 0.416 e. The van der Waals surface area contributed by atoms with Crippen molar-refractivity contribution in [3.63, 3.8) is 0 Å². The predicted octanol–water partition coefficient (Wildman–Crippen LogP) is 4.32. The minimum absolute atomic E-state index is 0.183. The summed E-state index contributed by atoms with van der Waals surface area (Å²) in [6, 6.07) is 11.5. The molecule has 0 aliphatic heterocycles. The van der Waals surface area contributed by atoms with Crippen LogP contribution in [0.25, 0.3) is 0 Å². The molecule has 2 rings (SSSR count). The fraction of sp³-hybridized carbons (Fsp3) is 0.167. The molecule has 0 fully saturated rings. The standard InChI is InChI=1S/C18H17F3N2O2/c1-2-10-25-16-9-4-3-8-15(16)23-17(24)12-22-14-7-5-6-13(11-14)18(19,20)21/h2-9,11,22H,1,10,12H2,(H,23,24). The summed E-state index contributed by atoms with van der Waals surface area (Å²) in [6.07, 6.45) is -2.85. The number of rotatable bonds is 7. The van der Waals surface area contributed by atoms with Crippen molar-refractivity contribution in [2.45, 2.75) is 6.18 Å². The first-order chi connectivity index (χ1) is 11.9. The van der Waals surface area contributed by atoms with E-state index in [4.69, 9.17) is 4.74 Å². The van der Waals surface area contributed by atoms with E-state index in [-0.39, 0.29) is 18.8 Å². The fourth-order valence-electron chi connectivity index (χ4n) is 2.03. The predicted molar refractivity (Wildman–Crippen MR) is 90.7 cm³/mol. The Bertz CT molecular complexity index is 745. The minimum Gasteiger partial charge on any atom is -0.487 e. The van der Waals surface area contributed by atoms with Crippen LogP contribution in [0.2, 0.25) is 0 Å². The molecular weight excluding hydrogens is 333 g/mol. The Kier molecular flexibility index (Phi) is 6.05. The van der Waals surface area contributed by atoms with Gasteiger partial charge >= 0.3 is 6.18 Å². The van der Waals surface area contributed by atoms with Crippen LogP contribution < -0.4 is 15.4 Å². The Morgan fingerprint density at radius 1 is 1.16 bits per heavy atom. The van der Waals surface area contributed by atoms with Crippen molar-refractivity contribution < 1.29 is 22.7 Å². The SMILES string of the molecule is C=CCOc1ccccc1NC(=O)CNc1cccc(C(F)(F)F)c1. The third-order valence-electron chi connectivity index (χ3n) is 3.16. The molecule has 0 radical (unpaired) electrons. The highest BCUT2D eigenvalue weighted by atomic mass is 19.4. The number of nitrogens with one attached hydrogen (secondary N) is 2. The summed E-state index contributed by atoms with van der Waals surface area (Å²) in [6.45, 7) is 3.65. The Hall–Kier alpha value is -2.96. The zero-order valence-corrected chi connectivity index (χ0v) is 13.3. The van der Waals surface area contributed by atoms with Gasteiger partial charge in [-0.25, -0.2) is 0 Å². The molecule has 0 unspecified atom stereocenters. The van der Waals surface area contributed by atoms with Crippen LogP contribution in [0.1, 0.15) is 5.56 Å². The minimum atomic E-state index is -4.43. The monoisotopic (exact) mass is 350 g/mol. The number of hydrogen-bond acceptors (Lipinski definition) is 3. The number of halogens is 3. The molecule has 2 aromatic carbocycles. The number of carbonyl (C=O) groups is 1. The van der Waals surface area contributed by atoms with E-state index < -0.39 is 17.6 Å². The highest BCUT2D eigenvalue weighted by molar-refractivity contribution is 5.95. The van der Waals surface area contributed by atoms with Crippen LogP contribution >= 0.6 is 0 Å². The number of benzene rings is 2. The van der Waals surface area contributed by atoms with Gasteiger partial charge in [0.25, 0.3) is 0 Å². The lowest BCUT2D eigenvalue weighted by atomic mass is 10.2. The van der Waals surface area contributed by atoms with Gasteiger partial charge in [-0.2, -0.15) is 13.2 Å². The Morgan fingerprint density at radius 3 is 2.64 bits per heavy atom. The second-order valence-electron chi connectivity index (χ2n) is 5.08. The van der Waals surface area contributed by atoms with E-state index in [1.54, 1.807) is 30.3 Å². The van der Waals surface area contributed by atoms with Gasteiger partial charge in [0.2, 0.25) is 5.91 Å². The van der Waals surface area contributed by atoms with Gasteiger partial charge in [-0.3, -0.25) is 4.79 Å². The molecule has 1 amide bonds. The van der Waals surface area contributed by atoms with Gasteiger partial charge in [-0.1, -0.05) is 30.9 Å². The molecular formula is C18H17F3N2O2. The van der Waals surface area contributed by atoms with Gasteiger partial charge in [0.15, 0.2) is 0 Å². The summed E-state index contributed by atoms with van der Waals surface area (Å²) >= 11 is 0. The molecule has 0 aliphatic carbocycles. The van der Waals surface area contributed by atoms with Crippen LogP contribution in [-0.2, 0) is 11.0 Å². The zero-order chi connectivity index (χ0) is 18.3. The molecule has 4 nitrogen and oxygen atoms in total. The van der Waals surface area contributed by atoms with Crippen LogP contribution in [0, 0.1) is 0 Å². The van der Waals surface area contributed by atoms with E-state index in [0.29, 0.717) is 11.4 Å². The lowest BCUT2D eigenvalue weighted by molar-refractivity contribution is -0.137. The molecule has 0 bridgehead atoms. The van der Waals surface area contributed by atoms with Gasteiger partial charge in [0, 0.05) is 5.69 Å². The van der Waals surface area contributed by atoms with Crippen LogP contribution in [-0.4, -0.2) is 19.1 Å². The third-order valence-corrected chi connectivity index (χ3v) is 3.16. The van der Waals surface area contributed by atoms with Gasteiger partial charge in [0.05, 0.1) is 17.8 Å². The first-order valence-electron chi connectivity index (χ1n) is 7.44. The van der Waals surface area contributed by atoms with Gasteiger partial charge in [-0.05, 0) is 30.3 Å². The van der Waals surface area contributed by atoms with E-state index in [9.17, 15) is 18.0 Å². The molecule has 0 heterocycles. The molecule has 0 aliphatic rings. The maximum absolute atomic E-state index is 12.7. The number of amides is 1. The topological polar surface area (TPSA) is 50.4 Å². The molecule has 0 atom stereocenters. The largest absolute Gasteiger partial charge is 0.487 e. The van der Waals surface area contributed by atoms with E-state index in [0.717, 1.165) is 12.1 Å². The molecule has 25 heavy (non-hydrogen) atoms. The van der Waals surface area contributed by atoms with Gasteiger partial charge < -0.3 is 15.4 Å². The number of ether oxygens (including phenoxy) is 1. The highest BCUT2D eigenvalue weighted by Crippen LogP contribution is 2.30. The molecule has 0 saturated carbocycles. The molecule has 2 aromatic rings. The summed E-state index contributed by atoms with van der Waals surface area (Å²) in [4.78, 5) is 12.0. The normalized spacial score (nSPS) is 10.8. The van der Waals surface area contributed by atoms with Crippen molar-refractivity contribution in [1.29, 1.82) is 0 Å². The van der Waals surface area contributed by atoms with E-state index in [2.05, 4.69) is 17.2 Å². The van der Waals surface area contributed by atoms with E-state index in [1.807, 2.05) is 0 Å². The van der Waals surface area contributed by atoms with Crippen LogP contribution in [0.3, 0.4) is 0 Å². The summed E-state index contributed by atoms with van der Waals surface area (Å²) in [5.41, 5.74) is -0.0950. The van der Waals surface area contributed by atoms with Crippen molar-refractivity contribution >= 4 is 17.3 Å². The number of anilines is 2. The molecule has 7 heteroatoms. The summed E-state index contributed by atoms with van der Waals surface area (Å²) in [5, 5.41) is 5.32. The maximum atomic E-state index is 12.7. The van der Waals surface area contributed by atoms with Crippen molar-refractivity contribution in [2.75, 3.05) is 23.8 Å². The van der Waals surface area contributed by atoms with Crippen molar-refractivity contribution in [1.82, 2.24) is 0 Å². The van der Waals surface area contributed by atoms with Gasteiger partial charge in [-0.15, -0.1) is 0 Å². The number of alkyl halides is 3. The molecule has 132 valence electrons. The number of para-hydroxylation sites is 2. The fourth-order valence-corrected chi connectivity index (χ4v) is 2.03. The van der Waals surface area contributed by atoms with Crippen molar-refractivity contribution in [3.8, 4) is 5.75 Å². The number of hydrogen-bond donors (Lipinski definition) is 2. The van der Waals surface area contributed by atoms with Crippen LogP contribution in [0.4, 0.5) is 24.5 Å². The quantitative estimate of drug-likeness (QED) is 0.731. The Morgan fingerprint density at radius 2 is 1.92 bits per heavy atom. The zero-order valence-electron chi connectivity index (χ0n) is 13.3. The average Bonchev–Trinajstić information content (AvgIpc) is 2.59. The molecule has 0 aromatic heterocycles. The maximum Gasteiger partial charge on any atom is 0.416 e. The second-order valence-corrected chi connectivity index (χ2v) is 5.08. The first-order valence-corrected chi connectivity index (χ1v) is 7.44. The summed E-state index contributed by atoms with van der Waals surface area (Å²) in [5.74, 6) is 0.0712. The Balaban J connectivity index is 1.97. The van der Waals surface area contributed by atoms with Crippen molar-refractivity contribution in [3.05, 3.63) is 66.7 Å². The third kappa shape index (κ3) is 5.56. The van der Waals surface area contributed by atoms with E-state index >= 15 is 0 Å². The van der Waals surface area contributed by atoms with Crippen LogP contribution in [0.15, 0.2) is 61.2 Å². The molecule has 0 spiro atoms. The molecule has 0 saturated heterocycles. The second kappa shape index (κ2) is 8.23.